The normalized spacial score (nSPS) is 18.8. The van der Waals surface area contributed by atoms with Gasteiger partial charge >= 0.3 is 0 Å². The zero-order valence-corrected chi connectivity index (χ0v) is 12.9. The summed E-state index contributed by atoms with van der Waals surface area (Å²) in [6.45, 7) is 5.52. The molecule has 1 aromatic carbocycles. The molecule has 2 N–H and O–H groups in total. The highest BCUT2D eigenvalue weighted by molar-refractivity contribution is 5.91. The van der Waals surface area contributed by atoms with Crippen molar-refractivity contribution < 1.29 is 0 Å². The fourth-order valence-electron chi connectivity index (χ4n) is 3.24. The Morgan fingerprint density at radius 2 is 2.24 bits per heavy atom. The zero-order chi connectivity index (χ0) is 14.5. The first-order valence-electron chi connectivity index (χ1n) is 8.14. The van der Waals surface area contributed by atoms with Crippen LogP contribution < -0.4 is 10.6 Å². The van der Waals surface area contributed by atoms with Crippen LogP contribution in [0.5, 0.6) is 0 Å². The molecule has 3 nitrogen and oxygen atoms in total. The number of anilines is 1. The summed E-state index contributed by atoms with van der Waals surface area (Å²) in [5.41, 5.74) is 3.38. The highest BCUT2D eigenvalue weighted by Gasteiger charge is 2.12. The Morgan fingerprint density at radius 1 is 1.33 bits per heavy atom. The second-order valence-electron chi connectivity index (χ2n) is 6.11. The predicted octanol–water partition coefficient (Wildman–Crippen LogP) is 3.73. The van der Waals surface area contributed by atoms with Crippen LogP contribution in [0.1, 0.15) is 31.4 Å². The molecule has 0 aliphatic carbocycles. The van der Waals surface area contributed by atoms with Crippen LogP contribution >= 0.6 is 0 Å². The minimum Gasteiger partial charge on any atom is -0.384 e. The van der Waals surface area contributed by atoms with Crippen molar-refractivity contribution in [1.29, 1.82) is 0 Å². The van der Waals surface area contributed by atoms with Gasteiger partial charge in [-0.25, -0.2) is 0 Å². The van der Waals surface area contributed by atoms with Crippen LogP contribution in [0.3, 0.4) is 0 Å². The maximum absolute atomic E-state index is 4.59. The molecule has 1 saturated heterocycles. The van der Waals surface area contributed by atoms with E-state index in [0.29, 0.717) is 0 Å². The second-order valence-corrected chi connectivity index (χ2v) is 6.11. The lowest BCUT2D eigenvalue weighted by atomic mass is 9.95. The van der Waals surface area contributed by atoms with E-state index in [1.54, 1.807) is 0 Å². The molecule has 112 valence electrons. The molecule has 3 rings (SSSR count). The maximum Gasteiger partial charge on any atom is 0.0725 e. The van der Waals surface area contributed by atoms with Crippen molar-refractivity contribution in [3.8, 4) is 0 Å². The number of fused-ring (bicyclic) bond motifs is 1. The number of piperidine rings is 1. The molecule has 1 unspecified atom stereocenters. The topological polar surface area (TPSA) is 37.0 Å². The van der Waals surface area contributed by atoms with Crippen molar-refractivity contribution in [1.82, 2.24) is 10.3 Å². The number of aryl methyl sites for hydroxylation is 1. The van der Waals surface area contributed by atoms with E-state index in [1.165, 1.54) is 49.8 Å². The molecule has 1 aliphatic heterocycles. The third-order valence-electron chi connectivity index (χ3n) is 4.35. The molecule has 3 heteroatoms. The van der Waals surface area contributed by atoms with Gasteiger partial charge < -0.3 is 10.6 Å². The lowest BCUT2D eigenvalue weighted by Gasteiger charge is -2.22. The van der Waals surface area contributed by atoms with Crippen LogP contribution in [0.4, 0.5) is 5.69 Å². The lowest BCUT2D eigenvalue weighted by Crippen LogP contribution is -2.29. The van der Waals surface area contributed by atoms with Gasteiger partial charge in [0.05, 0.1) is 5.52 Å². The van der Waals surface area contributed by atoms with Gasteiger partial charge in [-0.3, -0.25) is 4.98 Å². The predicted molar refractivity (Wildman–Crippen MR) is 89.8 cm³/mol. The minimum atomic E-state index is 0.872. The number of rotatable bonds is 5. The Hall–Kier alpha value is -1.61. The molecule has 0 amide bonds. The summed E-state index contributed by atoms with van der Waals surface area (Å²) in [6, 6.07) is 10.5. The Kier molecular flexibility index (Phi) is 4.71. The van der Waals surface area contributed by atoms with Gasteiger partial charge in [0, 0.05) is 23.3 Å². The van der Waals surface area contributed by atoms with E-state index in [0.717, 1.165) is 23.7 Å². The number of nitrogens with zero attached hydrogens (tertiary/aromatic N) is 1. The summed E-state index contributed by atoms with van der Waals surface area (Å²) in [5, 5.41) is 8.33. The van der Waals surface area contributed by atoms with Crippen LogP contribution in [0.2, 0.25) is 0 Å². The van der Waals surface area contributed by atoms with E-state index in [9.17, 15) is 0 Å². The van der Waals surface area contributed by atoms with E-state index < -0.39 is 0 Å². The van der Waals surface area contributed by atoms with Crippen molar-refractivity contribution in [2.45, 2.75) is 32.6 Å². The molecule has 1 aliphatic rings. The van der Waals surface area contributed by atoms with Gasteiger partial charge in [0.1, 0.15) is 0 Å². The average Bonchev–Trinajstić information content (AvgIpc) is 2.52. The molecule has 0 spiro atoms. The Morgan fingerprint density at radius 3 is 3.10 bits per heavy atom. The SMILES string of the molecule is Cc1cc(NCCCC2CCCNC2)c2ccccc2n1. The van der Waals surface area contributed by atoms with Gasteiger partial charge in [-0.15, -0.1) is 0 Å². The number of aromatic nitrogens is 1. The van der Waals surface area contributed by atoms with Gasteiger partial charge in [-0.2, -0.15) is 0 Å². The van der Waals surface area contributed by atoms with Crippen LogP contribution in [-0.4, -0.2) is 24.6 Å². The van der Waals surface area contributed by atoms with Gasteiger partial charge in [0.2, 0.25) is 0 Å². The van der Waals surface area contributed by atoms with E-state index in [4.69, 9.17) is 0 Å². The molecule has 0 radical (unpaired) electrons. The quantitative estimate of drug-likeness (QED) is 0.821. The van der Waals surface area contributed by atoms with Crippen molar-refractivity contribution >= 4 is 16.6 Å². The lowest BCUT2D eigenvalue weighted by molar-refractivity contribution is 0.353. The smallest absolute Gasteiger partial charge is 0.0725 e. The monoisotopic (exact) mass is 283 g/mol. The fraction of sp³-hybridized carbons (Fsp3) is 0.500. The average molecular weight is 283 g/mol. The summed E-state index contributed by atoms with van der Waals surface area (Å²) >= 11 is 0. The van der Waals surface area contributed by atoms with Crippen molar-refractivity contribution in [3.63, 3.8) is 0 Å². The Balaban J connectivity index is 1.57. The Bertz CT molecular complexity index is 588. The van der Waals surface area contributed by atoms with E-state index in [-0.39, 0.29) is 0 Å². The highest BCUT2D eigenvalue weighted by Crippen LogP contribution is 2.23. The first kappa shape index (κ1) is 14.3. The number of nitrogens with one attached hydrogen (secondary N) is 2. The molecule has 1 fully saturated rings. The molecular formula is C18H25N3. The Labute approximate surface area is 127 Å². The van der Waals surface area contributed by atoms with Gasteiger partial charge in [0.15, 0.2) is 0 Å². The fourth-order valence-corrected chi connectivity index (χ4v) is 3.24. The molecule has 21 heavy (non-hydrogen) atoms. The molecule has 2 aromatic rings. The number of pyridine rings is 1. The van der Waals surface area contributed by atoms with E-state index in [1.807, 2.05) is 0 Å². The van der Waals surface area contributed by atoms with Crippen molar-refractivity contribution in [2.75, 3.05) is 25.0 Å². The summed E-state index contributed by atoms with van der Waals surface area (Å²) in [6.07, 6.45) is 5.29. The molecule has 0 bridgehead atoms. The van der Waals surface area contributed by atoms with E-state index >= 15 is 0 Å². The van der Waals surface area contributed by atoms with Crippen molar-refractivity contribution in [2.24, 2.45) is 5.92 Å². The van der Waals surface area contributed by atoms with Crippen LogP contribution in [0.15, 0.2) is 30.3 Å². The first-order valence-corrected chi connectivity index (χ1v) is 8.14. The van der Waals surface area contributed by atoms with Crippen molar-refractivity contribution in [3.05, 3.63) is 36.0 Å². The number of benzene rings is 1. The number of hydrogen-bond acceptors (Lipinski definition) is 3. The minimum absolute atomic E-state index is 0.872. The molecule has 2 heterocycles. The van der Waals surface area contributed by atoms with Crippen LogP contribution in [0, 0.1) is 12.8 Å². The van der Waals surface area contributed by atoms with Crippen LogP contribution in [-0.2, 0) is 0 Å². The largest absolute Gasteiger partial charge is 0.384 e. The molecule has 1 aromatic heterocycles. The standard InChI is InChI=1S/C18H25N3/c1-14-12-18(16-8-2-3-9-17(16)21-14)20-11-5-7-15-6-4-10-19-13-15/h2-3,8-9,12,15,19H,4-7,10-11,13H2,1H3,(H,20,21). The summed E-state index contributed by atoms with van der Waals surface area (Å²) < 4.78 is 0. The summed E-state index contributed by atoms with van der Waals surface area (Å²) in [7, 11) is 0. The summed E-state index contributed by atoms with van der Waals surface area (Å²) in [4.78, 5) is 4.59. The highest BCUT2D eigenvalue weighted by atomic mass is 14.9. The van der Waals surface area contributed by atoms with Gasteiger partial charge in [0.25, 0.3) is 0 Å². The third kappa shape index (κ3) is 3.73. The number of para-hydroxylation sites is 1. The first-order chi connectivity index (χ1) is 10.3. The third-order valence-corrected chi connectivity index (χ3v) is 4.35. The number of hydrogen-bond donors (Lipinski definition) is 2. The van der Waals surface area contributed by atoms with Crippen LogP contribution in [0.25, 0.3) is 10.9 Å². The zero-order valence-electron chi connectivity index (χ0n) is 12.9. The van der Waals surface area contributed by atoms with Gasteiger partial charge in [-0.1, -0.05) is 18.2 Å². The molecular weight excluding hydrogens is 258 g/mol. The second kappa shape index (κ2) is 6.90. The molecule has 0 saturated carbocycles. The van der Waals surface area contributed by atoms with E-state index in [2.05, 4.69) is 52.9 Å². The maximum atomic E-state index is 4.59. The summed E-state index contributed by atoms with van der Waals surface area (Å²) in [5.74, 6) is 0.872. The molecule has 1 atom stereocenters. The van der Waals surface area contributed by atoms with Gasteiger partial charge in [-0.05, 0) is 63.7 Å².